The Bertz CT molecular complexity index is 6270. The molecule has 0 unspecified atom stereocenters. The molecule has 0 atom stereocenters. The minimum absolute atomic E-state index is 0. The molecular formula is C94H113N24Na3O18S4. The Labute approximate surface area is 901 Å². The number of nitrogens with zero attached hydrogens (tertiary/aromatic N) is 12. The third-order valence-electron chi connectivity index (χ3n) is 19.1. The fourth-order valence-electron chi connectivity index (χ4n) is 12.7. The van der Waals surface area contributed by atoms with Crippen LogP contribution in [0.5, 0.6) is 0 Å². The molecule has 0 fully saturated rings. The number of rotatable bonds is 58. The number of aliphatic hydroxyl groups excluding tert-OH is 2. The summed E-state index contributed by atoms with van der Waals surface area (Å²) in [5, 5.41) is 56.8. The molecule has 4 heterocycles. The van der Waals surface area contributed by atoms with E-state index in [0.29, 0.717) is 186 Å². The first kappa shape index (κ1) is 121. The molecule has 12 rings (SSSR count). The topological polar surface area (TPSA) is 593 Å². The Morgan fingerprint density at radius 2 is 0.650 bits per heavy atom. The zero-order chi connectivity index (χ0) is 99.6. The Balaban J connectivity index is 0.000000399. The summed E-state index contributed by atoms with van der Waals surface area (Å²) in [7, 11) is -14.0. The monoisotopic (exact) mass is 2060 g/mol. The molecule has 49 heteroatoms. The average Bonchev–Trinajstić information content (AvgIpc) is 0.805. The van der Waals surface area contributed by atoms with E-state index in [-0.39, 0.29) is 149 Å². The summed E-state index contributed by atoms with van der Waals surface area (Å²) in [6.07, 6.45) is 10.2. The van der Waals surface area contributed by atoms with Crippen molar-refractivity contribution >= 4 is 136 Å². The first-order valence-corrected chi connectivity index (χ1v) is 49.5. The van der Waals surface area contributed by atoms with Crippen molar-refractivity contribution < 1.29 is 169 Å². The van der Waals surface area contributed by atoms with Gasteiger partial charge >= 0.3 is 110 Å². The van der Waals surface area contributed by atoms with Crippen molar-refractivity contribution in [2.75, 3.05) is 188 Å². The van der Waals surface area contributed by atoms with Gasteiger partial charge in [-0.1, -0.05) is 146 Å². The number of aliphatic hydroxyl groups is 2. The molecule has 8 aromatic carbocycles. The number of likely N-dealkylation sites (N-methyl/N-ethyl adjacent to an activating group) is 1. The predicted octanol–water partition coefficient (Wildman–Crippen LogP) is -0.719. The summed E-state index contributed by atoms with van der Waals surface area (Å²) in [6, 6.07) is 64.2. The van der Waals surface area contributed by atoms with Gasteiger partial charge in [-0.3, -0.25) is 0 Å². The largest absolute Gasteiger partial charge is 1.00 e. The van der Waals surface area contributed by atoms with E-state index in [1.807, 2.05) is 171 Å². The van der Waals surface area contributed by atoms with Gasteiger partial charge in [0.1, 0.15) is 43.5 Å². The zero-order valence-electron chi connectivity index (χ0n) is 80.1. The molecule has 0 aliphatic carbocycles. The van der Waals surface area contributed by atoms with Gasteiger partial charge in [-0.05, 0) is 133 Å². The van der Waals surface area contributed by atoms with Gasteiger partial charge < -0.3 is 102 Å². The van der Waals surface area contributed by atoms with Crippen LogP contribution >= 0.6 is 0 Å². The summed E-state index contributed by atoms with van der Waals surface area (Å²) in [4.78, 5) is 54.6. The first-order valence-electron chi connectivity index (χ1n) is 44.6. The molecule has 4 aromatic heterocycles. The maximum atomic E-state index is 12.6. The van der Waals surface area contributed by atoms with E-state index in [1.54, 1.807) is 48.6 Å². The number of hydrogen-bond donors (Lipinski definition) is 14. The molecule has 0 spiro atoms. The third-order valence-corrected chi connectivity index (χ3v) is 20.9. The summed E-state index contributed by atoms with van der Waals surface area (Å²) in [6.45, 7) is 13.4. The molecule has 0 amide bonds. The van der Waals surface area contributed by atoms with Crippen molar-refractivity contribution in [1.29, 1.82) is 0 Å². The van der Waals surface area contributed by atoms with Crippen LogP contribution in [0.15, 0.2) is 210 Å². The van der Waals surface area contributed by atoms with Gasteiger partial charge in [0.05, 0.1) is 62.6 Å². The molecule has 0 radical (unpaired) electrons. The number of hydrogen-bond acceptors (Lipinski definition) is 42. The predicted molar refractivity (Wildman–Crippen MR) is 531 cm³/mol. The molecule has 0 saturated heterocycles. The van der Waals surface area contributed by atoms with E-state index in [0.717, 1.165) is 85.1 Å². The van der Waals surface area contributed by atoms with E-state index in [2.05, 4.69) is 137 Å². The Morgan fingerprint density at radius 3 is 0.993 bits per heavy atom. The maximum Gasteiger partial charge on any atom is 1.00 e. The maximum absolute atomic E-state index is 12.6. The second kappa shape index (κ2) is 69.4. The Kier molecular flexibility index (Phi) is 58.7. The summed E-state index contributed by atoms with van der Waals surface area (Å²) in [5.74, 6) is 4.83. The minimum atomic E-state index is -4.87. The van der Waals surface area contributed by atoms with Crippen LogP contribution in [0.4, 0.5) is 70.3 Å². The number of aromatic nitrogens is 12. The van der Waals surface area contributed by atoms with Gasteiger partial charge in [-0.25, -0.2) is 16.8 Å². The molecule has 0 aliphatic heterocycles. The molecule has 0 aliphatic rings. The van der Waals surface area contributed by atoms with Crippen LogP contribution < -0.4 is 152 Å². The molecule has 14 N–H and O–H groups in total. The fourth-order valence-corrected chi connectivity index (χ4v) is 14.2. The Hall–Kier alpha value is -10.7. The number of anilines is 12. The number of nitrogens with one attached hydrogen (secondary N) is 12. The van der Waals surface area contributed by atoms with Crippen molar-refractivity contribution in [2.45, 2.75) is 61.7 Å². The van der Waals surface area contributed by atoms with Crippen molar-refractivity contribution in [2.24, 2.45) is 0 Å². The van der Waals surface area contributed by atoms with Crippen LogP contribution in [0.1, 0.15) is 94.0 Å². The average molecular weight is 2060 g/mol. The molecule has 143 heavy (non-hydrogen) atoms. The van der Waals surface area contributed by atoms with Gasteiger partial charge in [0.2, 0.25) is 47.6 Å². The standard InChI is InChI=1S/C48H59N12O6S.C46H56N12O6S.3Na.2O3S/c1-2-22-49-24-25-50-26-27-52-46-56-44(58-48(60-46)54-41-12-7-4-8-13-41)35-38-19-21-39(42(33-38)67(62,63)64)20-18-36-14-16-37(17-15-36)34-43-55-45(51-23-9-29-65-31-32-66-30-28-61)59-47(57-43)53-40-10-5-3-6-11-40;1-47-22-23-48-24-25-50-44-53-41(55-45(58-44)51-38-9-4-2-5-10-38)32-35-15-13-34(14-16-35)17-19-37-20-18-36(31-40(37)65(60,61)62)33-42-54-43(49-21-8-27-63-29-30-64-28-26-59)57-46(56-42)52-39-11-6-3-7-12-39;;;;2*1-4(2)3/h3-8,10-14,16-21,33,49-50,61H,2,9,22-32,34-35H2,1H3,(H,62,63,64)(H2,51,53,55,57,59)(H2,52,54,56,58,60);2-7,9-20,31,47-48,59H,8,21-30,32-33H2,1H3,(H,60,61,62)(H2,49,52,54,56,57)(H2,50,51,53,55,58);;;;;/q-1;;3*+1;;/p-2/b20-18+;19-17+;;;;;. The van der Waals surface area contributed by atoms with Crippen LogP contribution in [0.2, 0.25) is 0 Å². The van der Waals surface area contributed by atoms with Crippen LogP contribution in [0.25, 0.3) is 24.3 Å². The van der Waals surface area contributed by atoms with Crippen LogP contribution in [-0.2, 0) is 86.1 Å². The zero-order valence-corrected chi connectivity index (χ0v) is 89.4. The third kappa shape index (κ3) is 50.1. The summed E-state index contributed by atoms with van der Waals surface area (Å²) in [5.41, 5.74) is 8.10. The van der Waals surface area contributed by atoms with Gasteiger partial charge in [0.15, 0.2) is 0 Å². The van der Waals surface area contributed by atoms with Gasteiger partial charge in [0.25, 0.3) is 0 Å². The fraction of sp³-hybridized carbons (Fsp3) is 0.319. The van der Waals surface area contributed by atoms with E-state index >= 15 is 0 Å². The molecule has 0 saturated carbocycles. The van der Waals surface area contributed by atoms with Crippen molar-refractivity contribution in [3.63, 3.8) is 0 Å². The van der Waals surface area contributed by atoms with Crippen LogP contribution in [0.3, 0.4) is 0 Å². The van der Waals surface area contributed by atoms with Crippen molar-refractivity contribution in [3.8, 4) is 0 Å². The smallest absolute Gasteiger partial charge is 0.744 e. The second-order valence-electron chi connectivity index (χ2n) is 30.1. The second-order valence-corrected chi connectivity index (χ2v) is 33.6. The summed E-state index contributed by atoms with van der Waals surface area (Å²) >= 11 is 0. The van der Waals surface area contributed by atoms with Crippen molar-refractivity contribution in [1.82, 2.24) is 81.1 Å². The quantitative estimate of drug-likeness (QED) is 0.00735. The van der Waals surface area contributed by atoms with Crippen LogP contribution in [0, 0.1) is 6.07 Å². The SMILES string of the molecule is CCCNCCNCCNc1nc(Cc2ccc(/C=C/c3[c-]cc(Cc4nc(NCCCOCCOCCO)nc(Nc5ccccc5)n4)cc3)c(S(=O)(=O)[O-])c2)nc(Nc2ccccc2)n1.CNCCNCCNc1nc(Cc2ccc(/C=C/c3ccc(Cc4nc(NCCCOCCOCCO)nc(Nc5ccccc5)n4)cc3S(=O)(=O)[O-])cc2)nc(Nc2ccccc2)n1.O=S(=O)=O.O=S(=O)=O.[Na+].[Na+].[Na+]. The molecule has 42 nitrogen and oxygen atoms in total. The van der Waals surface area contributed by atoms with E-state index in [9.17, 15) is 25.9 Å². The van der Waals surface area contributed by atoms with Crippen LogP contribution in [-0.4, -0.2) is 266 Å². The number of benzene rings is 8. The molecule has 744 valence electrons. The Morgan fingerprint density at radius 1 is 0.343 bits per heavy atom. The molecule has 12 aromatic rings. The van der Waals surface area contributed by atoms with Gasteiger partial charge in [0, 0.05) is 121 Å². The normalized spacial score (nSPS) is 11.0. The van der Waals surface area contributed by atoms with Crippen molar-refractivity contribution in [3.05, 3.63) is 274 Å². The van der Waals surface area contributed by atoms with E-state index in [1.165, 1.54) is 12.1 Å². The van der Waals surface area contributed by atoms with Gasteiger partial charge in [-0.2, -0.15) is 65.4 Å². The number of para-hydroxylation sites is 4. The first-order chi connectivity index (χ1) is 67.9. The minimum Gasteiger partial charge on any atom is -0.744 e. The molecular weight excluding hydrogens is 1950 g/mol. The summed E-state index contributed by atoms with van der Waals surface area (Å²) < 4.78 is 148. The number of ether oxygens (including phenoxy) is 4. The molecule has 0 bridgehead atoms. The van der Waals surface area contributed by atoms with E-state index < -0.39 is 41.5 Å². The van der Waals surface area contributed by atoms with E-state index in [4.69, 9.17) is 54.4 Å². The van der Waals surface area contributed by atoms with Gasteiger partial charge in [-0.15, -0.1) is 61.2 Å².